The summed E-state index contributed by atoms with van der Waals surface area (Å²) in [5.74, 6) is 5.62. The van der Waals surface area contributed by atoms with Crippen LogP contribution in [0.25, 0.3) is 0 Å². The van der Waals surface area contributed by atoms with E-state index in [4.69, 9.17) is 10.6 Å². The topological polar surface area (TPSA) is 65.1 Å². The molecule has 92 valence electrons. The molecule has 0 aliphatic carbocycles. The summed E-state index contributed by atoms with van der Waals surface area (Å²) in [5.41, 5.74) is 3.81. The fourth-order valence-corrected chi connectivity index (χ4v) is 2.43. The number of aryl methyl sites for hydroxylation is 1. The van der Waals surface area contributed by atoms with Crippen LogP contribution in [-0.4, -0.2) is 23.0 Å². The van der Waals surface area contributed by atoms with Crippen LogP contribution in [-0.2, 0) is 11.8 Å². The lowest BCUT2D eigenvalue weighted by molar-refractivity contribution is 0.0579. The van der Waals surface area contributed by atoms with Gasteiger partial charge in [-0.3, -0.25) is 10.5 Å². The first-order valence-corrected chi connectivity index (χ1v) is 6.11. The predicted molar refractivity (Wildman–Crippen MR) is 66.7 cm³/mol. The zero-order chi connectivity index (χ0) is 12.1. The highest BCUT2D eigenvalue weighted by Crippen LogP contribution is 2.27. The quantitative estimate of drug-likeness (QED) is 0.616. The molecule has 0 saturated carbocycles. The molecule has 0 amide bonds. The SMILES string of the molecule is CCCC(OC)C(NN)c1c(Br)cnn1C. The standard InChI is InChI=1S/C10H19BrN4O/c1-4-5-8(16-3)9(14-12)10-7(11)6-13-15(10)2/h6,8-9,14H,4-5,12H2,1-3H3. The average molecular weight is 291 g/mol. The van der Waals surface area contributed by atoms with E-state index in [1.54, 1.807) is 18.0 Å². The molecule has 6 heteroatoms. The minimum absolute atomic E-state index is 0.0432. The minimum Gasteiger partial charge on any atom is -0.379 e. The summed E-state index contributed by atoms with van der Waals surface area (Å²) in [6.07, 6.45) is 3.80. The highest BCUT2D eigenvalue weighted by molar-refractivity contribution is 9.10. The summed E-state index contributed by atoms with van der Waals surface area (Å²) in [5, 5.41) is 4.18. The van der Waals surface area contributed by atoms with Crippen LogP contribution >= 0.6 is 15.9 Å². The second kappa shape index (κ2) is 6.34. The predicted octanol–water partition coefficient (Wildman–Crippen LogP) is 1.50. The van der Waals surface area contributed by atoms with Gasteiger partial charge in [-0.25, -0.2) is 5.43 Å². The number of hydrazine groups is 1. The third-order valence-corrected chi connectivity index (χ3v) is 3.27. The Labute approximate surface area is 104 Å². The third-order valence-electron chi connectivity index (χ3n) is 2.66. The van der Waals surface area contributed by atoms with Crippen molar-refractivity contribution in [1.29, 1.82) is 0 Å². The van der Waals surface area contributed by atoms with Crippen LogP contribution in [0, 0.1) is 0 Å². The Morgan fingerprint density at radius 1 is 1.69 bits per heavy atom. The van der Waals surface area contributed by atoms with Gasteiger partial charge in [0, 0.05) is 14.2 Å². The Bertz CT molecular complexity index is 309. The third kappa shape index (κ3) is 2.82. The molecular weight excluding hydrogens is 272 g/mol. The molecule has 0 fully saturated rings. The van der Waals surface area contributed by atoms with Gasteiger partial charge in [0.15, 0.2) is 0 Å². The number of ether oxygens (including phenoxy) is 1. The second-order valence-electron chi connectivity index (χ2n) is 3.71. The number of aromatic nitrogens is 2. The molecule has 3 N–H and O–H groups in total. The van der Waals surface area contributed by atoms with E-state index in [-0.39, 0.29) is 12.1 Å². The van der Waals surface area contributed by atoms with Crippen LogP contribution < -0.4 is 11.3 Å². The Hall–Kier alpha value is -0.430. The van der Waals surface area contributed by atoms with Crippen molar-refractivity contribution in [2.24, 2.45) is 12.9 Å². The Kier molecular flexibility index (Phi) is 5.40. The van der Waals surface area contributed by atoms with Gasteiger partial charge < -0.3 is 4.74 Å². The fourth-order valence-electron chi connectivity index (χ4n) is 1.84. The monoisotopic (exact) mass is 290 g/mol. The smallest absolute Gasteiger partial charge is 0.0901 e. The van der Waals surface area contributed by atoms with Gasteiger partial charge in [0.05, 0.1) is 28.5 Å². The van der Waals surface area contributed by atoms with Gasteiger partial charge in [-0.05, 0) is 22.4 Å². The summed E-state index contributed by atoms with van der Waals surface area (Å²) in [7, 11) is 3.60. The largest absolute Gasteiger partial charge is 0.379 e. The number of nitrogens with two attached hydrogens (primary N) is 1. The van der Waals surface area contributed by atoms with E-state index in [0.717, 1.165) is 23.0 Å². The van der Waals surface area contributed by atoms with Crippen molar-refractivity contribution in [1.82, 2.24) is 15.2 Å². The fraction of sp³-hybridized carbons (Fsp3) is 0.700. The van der Waals surface area contributed by atoms with Gasteiger partial charge in [-0.1, -0.05) is 13.3 Å². The van der Waals surface area contributed by atoms with E-state index in [1.165, 1.54) is 0 Å². The number of halogens is 1. The van der Waals surface area contributed by atoms with E-state index in [9.17, 15) is 0 Å². The summed E-state index contributed by atoms with van der Waals surface area (Å²) in [6.45, 7) is 2.12. The molecule has 1 rings (SSSR count). The molecule has 0 aromatic carbocycles. The molecule has 1 aromatic rings. The number of hydrogen-bond donors (Lipinski definition) is 2. The molecule has 5 nitrogen and oxygen atoms in total. The van der Waals surface area contributed by atoms with E-state index in [2.05, 4.69) is 33.4 Å². The zero-order valence-corrected chi connectivity index (χ0v) is 11.5. The first kappa shape index (κ1) is 13.6. The van der Waals surface area contributed by atoms with Crippen LogP contribution in [0.4, 0.5) is 0 Å². The highest BCUT2D eigenvalue weighted by Gasteiger charge is 2.26. The van der Waals surface area contributed by atoms with Crippen LogP contribution in [0.2, 0.25) is 0 Å². The maximum absolute atomic E-state index is 5.62. The molecule has 16 heavy (non-hydrogen) atoms. The van der Waals surface area contributed by atoms with Crippen LogP contribution in [0.1, 0.15) is 31.5 Å². The molecule has 0 saturated heterocycles. The Morgan fingerprint density at radius 2 is 2.38 bits per heavy atom. The van der Waals surface area contributed by atoms with Crippen LogP contribution in [0.15, 0.2) is 10.7 Å². The zero-order valence-electron chi connectivity index (χ0n) is 9.90. The lowest BCUT2D eigenvalue weighted by Gasteiger charge is -2.25. The number of methoxy groups -OCH3 is 1. The summed E-state index contributed by atoms with van der Waals surface area (Å²) in [4.78, 5) is 0. The number of nitrogens with zero attached hydrogens (tertiary/aromatic N) is 2. The normalized spacial score (nSPS) is 15.1. The average Bonchev–Trinajstić information content (AvgIpc) is 2.60. The lowest BCUT2D eigenvalue weighted by atomic mass is 10.0. The minimum atomic E-state index is -0.0631. The molecular formula is C10H19BrN4O. The summed E-state index contributed by atoms with van der Waals surface area (Å²) >= 11 is 3.47. The maximum atomic E-state index is 5.62. The van der Waals surface area contributed by atoms with Gasteiger partial charge >= 0.3 is 0 Å². The lowest BCUT2D eigenvalue weighted by Crippen LogP contribution is -2.39. The number of rotatable bonds is 6. The van der Waals surface area contributed by atoms with Crippen molar-refractivity contribution in [3.63, 3.8) is 0 Å². The van der Waals surface area contributed by atoms with E-state index in [0.29, 0.717) is 0 Å². The molecule has 0 aliphatic heterocycles. The van der Waals surface area contributed by atoms with Crippen molar-refractivity contribution in [2.45, 2.75) is 31.9 Å². The molecule has 1 heterocycles. The molecule has 0 aliphatic rings. The molecule has 1 aromatic heterocycles. The highest BCUT2D eigenvalue weighted by atomic mass is 79.9. The van der Waals surface area contributed by atoms with Gasteiger partial charge in [-0.15, -0.1) is 0 Å². The van der Waals surface area contributed by atoms with Gasteiger partial charge in [0.25, 0.3) is 0 Å². The number of nitrogens with one attached hydrogen (secondary N) is 1. The van der Waals surface area contributed by atoms with Crippen molar-refractivity contribution in [3.8, 4) is 0 Å². The molecule has 2 atom stereocenters. The van der Waals surface area contributed by atoms with Crippen molar-refractivity contribution < 1.29 is 4.74 Å². The maximum Gasteiger partial charge on any atom is 0.0901 e. The van der Waals surface area contributed by atoms with Crippen LogP contribution in [0.5, 0.6) is 0 Å². The molecule has 0 bridgehead atoms. The van der Waals surface area contributed by atoms with E-state index < -0.39 is 0 Å². The molecule has 2 unspecified atom stereocenters. The van der Waals surface area contributed by atoms with Gasteiger partial charge in [-0.2, -0.15) is 5.10 Å². The van der Waals surface area contributed by atoms with Crippen molar-refractivity contribution in [3.05, 3.63) is 16.4 Å². The van der Waals surface area contributed by atoms with Gasteiger partial charge in [0.2, 0.25) is 0 Å². The van der Waals surface area contributed by atoms with Crippen LogP contribution in [0.3, 0.4) is 0 Å². The summed E-state index contributed by atoms with van der Waals surface area (Å²) < 4.78 is 8.22. The number of hydrogen-bond acceptors (Lipinski definition) is 4. The second-order valence-corrected chi connectivity index (χ2v) is 4.56. The Morgan fingerprint density at radius 3 is 2.75 bits per heavy atom. The van der Waals surface area contributed by atoms with Crippen molar-refractivity contribution >= 4 is 15.9 Å². The molecule has 0 spiro atoms. The molecule has 0 radical (unpaired) electrons. The Balaban J connectivity index is 2.96. The first-order valence-electron chi connectivity index (χ1n) is 5.32. The van der Waals surface area contributed by atoms with E-state index in [1.807, 2.05) is 7.05 Å². The van der Waals surface area contributed by atoms with Gasteiger partial charge in [0.1, 0.15) is 0 Å². The van der Waals surface area contributed by atoms with E-state index >= 15 is 0 Å². The first-order chi connectivity index (χ1) is 7.65. The van der Waals surface area contributed by atoms with Crippen molar-refractivity contribution in [2.75, 3.05) is 7.11 Å². The summed E-state index contributed by atoms with van der Waals surface area (Å²) in [6, 6.07) is -0.0631.